The number of carboxylic acids is 2. The number of rotatable bonds is 13. The Morgan fingerprint density at radius 1 is 0.844 bits per heavy atom. The molecule has 1 aliphatic rings. The van der Waals surface area contributed by atoms with E-state index in [1.165, 1.54) is 28.9 Å². The lowest BCUT2D eigenvalue weighted by Gasteiger charge is -2.38. The van der Waals surface area contributed by atoms with Crippen LogP contribution in [0.3, 0.4) is 0 Å². The Morgan fingerprint density at radius 3 is 2.07 bits per heavy atom. The van der Waals surface area contributed by atoms with Gasteiger partial charge in [0.1, 0.15) is 17.1 Å². The highest BCUT2D eigenvalue weighted by molar-refractivity contribution is 6.05. The fourth-order valence-electron chi connectivity index (χ4n) is 5.75. The molecule has 7 nitrogen and oxygen atoms in total. The van der Waals surface area contributed by atoms with E-state index in [9.17, 15) is 24.6 Å². The Bertz CT molecular complexity index is 1550. The number of benzene rings is 2. The fraction of sp³-hybridized carbons (Fsp3) is 0.447. The first-order valence-corrected chi connectivity index (χ1v) is 15.7. The van der Waals surface area contributed by atoms with E-state index in [0.717, 1.165) is 85.4 Å². The molecule has 45 heavy (non-hydrogen) atoms. The number of fused-ring (bicyclic) bond motifs is 1. The summed E-state index contributed by atoms with van der Waals surface area (Å²) in [7, 11) is 0. The number of aromatic carboxylic acids is 2. The van der Waals surface area contributed by atoms with E-state index < -0.39 is 23.5 Å². The predicted molar refractivity (Wildman–Crippen MR) is 178 cm³/mol. The van der Waals surface area contributed by atoms with Crippen molar-refractivity contribution < 1.29 is 34.1 Å². The molecule has 0 radical (unpaired) electrons. The van der Waals surface area contributed by atoms with Gasteiger partial charge in [-0.2, -0.15) is 0 Å². The van der Waals surface area contributed by atoms with Gasteiger partial charge in [0.15, 0.2) is 0 Å². The fourth-order valence-corrected chi connectivity index (χ4v) is 5.75. The summed E-state index contributed by atoms with van der Waals surface area (Å²) in [5.74, 6) is -2.34. The quantitative estimate of drug-likeness (QED) is 0.131. The maximum absolute atomic E-state index is 13.2. The van der Waals surface area contributed by atoms with Crippen molar-refractivity contribution in [2.45, 2.75) is 112 Å². The van der Waals surface area contributed by atoms with E-state index in [1.807, 2.05) is 20.8 Å². The Kier molecular flexibility index (Phi) is 12.0. The molecule has 0 unspecified atom stereocenters. The van der Waals surface area contributed by atoms with Gasteiger partial charge in [-0.25, -0.2) is 14.4 Å². The van der Waals surface area contributed by atoms with E-state index in [4.69, 9.17) is 9.47 Å². The van der Waals surface area contributed by atoms with Gasteiger partial charge in [0.2, 0.25) is 0 Å². The van der Waals surface area contributed by atoms with E-state index in [-0.39, 0.29) is 16.7 Å². The summed E-state index contributed by atoms with van der Waals surface area (Å²) >= 11 is 0. The molecule has 2 aromatic carbocycles. The minimum Gasteiger partial charge on any atom is -0.487 e. The second-order valence-electron chi connectivity index (χ2n) is 12.8. The topological polar surface area (TPSA) is 110 Å². The molecule has 0 saturated heterocycles. The number of carboxylic acid groups (broad SMARTS) is 2. The van der Waals surface area contributed by atoms with Crippen molar-refractivity contribution in [3.05, 3.63) is 92.1 Å². The lowest BCUT2D eigenvalue weighted by molar-refractivity contribution is 0.0554. The molecule has 242 valence electrons. The number of ether oxygens (including phenoxy) is 2. The van der Waals surface area contributed by atoms with Gasteiger partial charge in [0.25, 0.3) is 0 Å². The monoisotopic (exact) mass is 616 g/mol. The zero-order valence-electron chi connectivity index (χ0n) is 28.1. The number of allylic oxidation sites excluding steroid dienone is 6. The highest BCUT2D eigenvalue weighted by atomic mass is 16.5. The maximum atomic E-state index is 13.2. The van der Waals surface area contributed by atoms with Gasteiger partial charge in [-0.15, -0.1) is 0 Å². The molecule has 0 amide bonds. The zero-order chi connectivity index (χ0) is 33.5. The summed E-state index contributed by atoms with van der Waals surface area (Å²) in [6.07, 6.45) is 14.7. The van der Waals surface area contributed by atoms with Crippen LogP contribution in [-0.2, 0) is 6.42 Å². The third-order valence-electron chi connectivity index (χ3n) is 8.76. The van der Waals surface area contributed by atoms with Crippen molar-refractivity contribution in [2.75, 3.05) is 0 Å². The second-order valence-corrected chi connectivity index (χ2v) is 12.8. The van der Waals surface area contributed by atoms with Gasteiger partial charge in [-0.1, -0.05) is 34.9 Å². The van der Waals surface area contributed by atoms with Crippen LogP contribution in [0.2, 0.25) is 0 Å². The van der Waals surface area contributed by atoms with Crippen LogP contribution in [0.5, 0.6) is 11.5 Å². The number of hydrogen-bond donors (Lipinski definition) is 2. The normalized spacial score (nSPS) is 16.4. The average Bonchev–Trinajstić information content (AvgIpc) is 2.97. The third kappa shape index (κ3) is 9.19. The van der Waals surface area contributed by atoms with Gasteiger partial charge in [0.05, 0.1) is 16.7 Å². The predicted octanol–water partition coefficient (Wildman–Crippen LogP) is 9.51. The van der Waals surface area contributed by atoms with E-state index in [1.54, 1.807) is 0 Å². The van der Waals surface area contributed by atoms with Crippen LogP contribution >= 0.6 is 0 Å². The summed E-state index contributed by atoms with van der Waals surface area (Å²) in [5, 5.41) is 18.8. The van der Waals surface area contributed by atoms with E-state index >= 15 is 0 Å². The molecular formula is C38H48O7. The van der Waals surface area contributed by atoms with Crippen molar-refractivity contribution in [1.29, 1.82) is 0 Å². The molecule has 3 rings (SSSR count). The van der Waals surface area contributed by atoms with Crippen molar-refractivity contribution >= 4 is 17.9 Å². The molecule has 1 heterocycles. The standard InChI is InChI=1S/C38H48O7/c1-23(2)12-9-13-24(3)14-10-15-25(4)16-11-20-38(8)21-19-30-28(7)33(26(5)27(6)34(30)45-38)44-37(43)31-18-17-29(35(39)40)22-32(31)36(41)42/h12,14,16-18,22H,9-11,13,15,19-21H2,1-8H3,(H,39,40)(H,41,42)/b24-14+,25-16+/t38-/m1/s1. The summed E-state index contributed by atoms with van der Waals surface area (Å²) in [4.78, 5) is 36.3. The Hall–Kier alpha value is -4.13. The first kappa shape index (κ1) is 35.4. The van der Waals surface area contributed by atoms with Crippen molar-refractivity contribution in [3.63, 3.8) is 0 Å². The summed E-state index contributed by atoms with van der Waals surface area (Å²) in [6.45, 7) is 16.5. The third-order valence-corrected chi connectivity index (χ3v) is 8.76. The maximum Gasteiger partial charge on any atom is 0.344 e. The van der Waals surface area contributed by atoms with Crippen LogP contribution in [0.1, 0.15) is 133 Å². The molecule has 0 spiro atoms. The van der Waals surface area contributed by atoms with Crippen LogP contribution in [0.25, 0.3) is 0 Å². The molecule has 0 fully saturated rings. The lowest BCUT2D eigenvalue weighted by atomic mass is 9.85. The lowest BCUT2D eigenvalue weighted by Crippen LogP contribution is -2.37. The van der Waals surface area contributed by atoms with Gasteiger partial charge in [0, 0.05) is 5.56 Å². The minimum atomic E-state index is -1.41. The van der Waals surface area contributed by atoms with Crippen molar-refractivity contribution in [3.8, 4) is 11.5 Å². The van der Waals surface area contributed by atoms with Gasteiger partial charge in [-0.05, 0) is 142 Å². The smallest absolute Gasteiger partial charge is 0.344 e. The van der Waals surface area contributed by atoms with Crippen LogP contribution in [0.15, 0.2) is 53.1 Å². The zero-order valence-corrected chi connectivity index (χ0v) is 28.1. The largest absolute Gasteiger partial charge is 0.487 e. The summed E-state index contributed by atoms with van der Waals surface area (Å²) in [6, 6.07) is 3.35. The molecular weight excluding hydrogens is 568 g/mol. The van der Waals surface area contributed by atoms with E-state index in [2.05, 4.69) is 52.8 Å². The second kappa shape index (κ2) is 15.2. The molecule has 0 aliphatic carbocycles. The Balaban J connectivity index is 1.69. The number of esters is 1. The van der Waals surface area contributed by atoms with Crippen LogP contribution in [0, 0.1) is 20.8 Å². The molecule has 0 saturated carbocycles. The highest BCUT2D eigenvalue weighted by Gasteiger charge is 2.35. The molecule has 1 aliphatic heterocycles. The van der Waals surface area contributed by atoms with Crippen molar-refractivity contribution in [1.82, 2.24) is 0 Å². The molecule has 2 N–H and O–H groups in total. The molecule has 1 atom stereocenters. The van der Waals surface area contributed by atoms with Gasteiger partial charge in [-0.3, -0.25) is 0 Å². The highest BCUT2D eigenvalue weighted by Crippen LogP contribution is 2.45. The summed E-state index contributed by atoms with van der Waals surface area (Å²) < 4.78 is 12.5. The van der Waals surface area contributed by atoms with Gasteiger partial charge >= 0.3 is 17.9 Å². The van der Waals surface area contributed by atoms with Crippen LogP contribution < -0.4 is 9.47 Å². The van der Waals surface area contributed by atoms with E-state index in [0.29, 0.717) is 5.75 Å². The SMILES string of the molecule is CC(C)=CCC/C(C)=C/CC/C(C)=C/CC[C@]1(C)CCc2c(C)c(OC(=O)c3ccc(C(=O)O)cc3C(=O)O)c(C)c(C)c2O1. The van der Waals surface area contributed by atoms with Crippen LogP contribution in [-0.4, -0.2) is 33.7 Å². The minimum absolute atomic E-state index is 0.209. The molecule has 7 heteroatoms. The Morgan fingerprint density at radius 2 is 1.47 bits per heavy atom. The number of hydrogen-bond acceptors (Lipinski definition) is 5. The average molecular weight is 617 g/mol. The first-order valence-electron chi connectivity index (χ1n) is 15.7. The molecule has 0 aromatic heterocycles. The van der Waals surface area contributed by atoms with Gasteiger partial charge < -0.3 is 19.7 Å². The first-order chi connectivity index (χ1) is 21.1. The number of carbonyl (C=O) groups excluding carboxylic acids is 1. The van der Waals surface area contributed by atoms with Crippen molar-refractivity contribution in [2.24, 2.45) is 0 Å². The molecule has 2 aromatic rings. The molecule has 0 bridgehead atoms. The van der Waals surface area contributed by atoms with Crippen LogP contribution in [0.4, 0.5) is 0 Å². The number of carbonyl (C=O) groups is 3. The Labute approximate surface area is 267 Å². The summed E-state index contributed by atoms with van der Waals surface area (Å²) in [5.41, 5.74) is 6.41.